The van der Waals surface area contributed by atoms with Gasteiger partial charge in [0.05, 0.1) is 44.6 Å². The van der Waals surface area contributed by atoms with E-state index in [0.29, 0.717) is 59.8 Å². The minimum absolute atomic E-state index is 0.0443. The van der Waals surface area contributed by atoms with Crippen molar-refractivity contribution in [2.45, 2.75) is 50.7 Å². The molecule has 3 atom stereocenters. The number of carbonyl (C=O) groups is 2. The van der Waals surface area contributed by atoms with Gasteiger partial charge in [-0.05, 0) is 72.6 Å². The van der Waals surface area contributed by atoms with Gasteiger partial charge in [0.25, 0.3) is 0 Å². The summed E-state index contributed by atoms with van der Waals surface area (Å²) in [7, 11) is 1.43. The van der Waals surface area contributed by atoms with Gasteiger partial charge in [0, 0.05) is 18.5 Å². The molecule has 0 spiro atoms. The number of methoxy groups -OCH3 is 3. The van der Waals surface area contributed by atoms with Crippen LogP contribution in [0, 0.1) is 0 Å². The molecule has 1 saturated heterocycles. The Bertz CT molecular complexity index is 1550. The summed E-state index contributed by atoms with van der Waals surface area (Å²) in [6.45, 7) is 1.43. The third-order valence-electron chi connectivity index (χ3n) is 7.75. The lowest BCUT2D eigenvalue weighted by Crippen LogP contribution is -2.45. The molecule has 2 aromatic rings. The smallest absolute Gasteiger partial charge is 0.242 e. The van der Waals surface area contributed by atoms with Crippen LogP contribution >= 0.6 is 11.8 Å². The van der Waals surface area contributed by atoms with E-state index in [2.05, 4.69) is 16.0 Å². The number of amides is 2. The number of ether oxygens (including phenoxy) is 3. The second-order valence-corrected chi connectivity index (χ2v) is 13.9. The Morgan fingerprint density at radius 3 is 2.40 bits per heavy atom. The van der Waals surface area contributed by atoms with E-state index in [1.165, 1.54) is 27.2 Å². The zero-order chi connectivity index (χ0) is 31.3. The van der Waals surface area contributed by atoms with Crippen LogP contribution in [0.1, 0.15) is 43.4 Å². The van der Waals surface area contributed by atoms with E-state index in [4.69, 9.17) is 14.2 Å². The highest BCUT2D eigenvalue weighted by atomic mass is 32.2. The van der Waals surface area contributed by atoms with Crippen LogP contribution in [-0.4, -0.2) is 77.2 Å². The van der Waals surface area contributed by atoms with Gasteiger partial charge in [0.1, 0.15) is 6.04 Å². The molecule has 3 N–H and O–H groups in total. The summed E-state index contributed by atoms with van der Waals surface area (Å²) in [5.74, 6) is 1.36. The van der Waals surface area contributed by atoms with Crippen molar-refractivity contribution in [3.63, 3.8) is 0 Å². The topological polar surface area (TPSA) is 149 Å². The van der Waals surface area contributed by atoms with Gasteiger partial charge in [0.2, 0.25) is 23.0 Å². The van der Waals surface area contributed by atoms with E-state index in [9.17, 15) is 22.8 Å². The molecular formula is C30H39N3O8S2. The highest BCUT2D eigenvalue weighted by molar-refractivity contribution is 7.98. The van der Waals surface area contributed by atoms with E-state index in [1.807, 2.05) is 12.3 Å². The number of carbonyl (C=O) groups excluding carboxylic acids is 2. The average Bonchev–Trinajstić information content (AvgIpc) is 3.14. The number of hydrogen-bond acceptors (Lipinski definition) is 10. The van der Waals surface area contributed by atoms with Crippen molar-refractivity contribution in [2.75, 3.05) is 50.2 Å². The van der Waals surface area contributed by atoms with Crippen molar-refractivity contribution in [2.24, 2.45) is 0 Å². The molecular weight excluding hydrogens is 594 g/mol. The van der Waals surface area contributed by atoms with Crippen LogP contribution < -0.4 is 35.6 Å². The SMILES string of the molecule is COc1cc2c(c(OC)c1OC)-c1ccc(N[C@@H](CCSC)C(=O)N[C@@H]3CCS(=O)(=O)C3)c(=O)cc1[C@@H](NC(C)=O)CC2. The normalized spacial score (nSPS) is 19.2. The molecule has 4 rings (SSSR count). The minimum atomic E-state index is -3.17. The second kappa shape index (κ2) is 13.9. The molecule has 2 aliphatic rings. The Morgan fingerprint density at radius 1 is 1.05 bits per heavy atom. The molecule has 1 aliphatic carbocycles. The Balaban J connectivity index is 1.81. The number of sulfone groups is 1. The molecule has 2 amide bonds. The summed E-state index contributed by atoms with van der Waals surface area (Å²) < 4.78 is 40.9. The highest BCUT2D eigenvalue weighted by Crippen LogP contribution is 2.50. The minimum Gasteiger partial charge on any atom is -0.493 e. The zero-order valence-corrected chi connectivity index (χ0v) is 26.7. The van der Waals surface area contributed by atoms with Crippen molar-refractivity contribution in [1.82, 2.24) is 10.6 Å². The Morgan fingerprint density at radius 2 is 1.79 bits per heavy atom. The van der Waals surface area contributed by atoms with Crippen LogP contribution in [0.4, 0.5) is 5.69 Å². The standard InChI is InChI=1S/C30H39N3O8S2/c1-17(34)31-22-8-6-18-14-26(39-2)28(40-3)29(41-4)27(18)20-7-9-23(25(35)15-21(20)22)33-24(10-12-42-5)30(36)32-19-11-13-43(37,38)16-19/h7,9,14-15,19,22,24H,6,8,10-13,16H2,1-5H3,(H,31,34)(H,32,36)(H,33,35)/t19-,22+,24+/m1/s1. The fourth-order valence-corrected chi connectivity index (χ4v) is 7.87. The van der Waals surface area contributed by atoms with Gasteiger partial charge in [-0.2, -0.15) is 11.8 Å². The molecule has 2 aromatic carbocycles. The van der Waals surface area contributed by atoms with Crippen LogP contribution in [0.25, 0.3) is 11.1 Å². The van der Waals surface area contributed by atoms with E-state index in [0.717, 1.165) is 11.1 Å². The van der Waals surface area contributed by atoms with Gasteiger partial charge in [-0.15, -0.1) is 0 Å². The van der Waals surface area contributed by atoms with Crippen molar-refractivity contribution >= 4 is 39.1 Å². The number of thioether (sulfide) groups is 1. The van der Waals surface area contributed by atoms with Gasteiger partial charge < -0.3 is 30.2 Å². The lowest BCUT2D eigenvalue weighted by Gasteiger charge is -2.21. The summed E-state index contributed by atoms with van der Waals surface area (Å²) in [5, 5.41) is 8.97. The van der Waals surface area contributed by atoms with Gasteiger partial charge in [-0.25, -0.2) is 8.42 Å². The third-order valence-corrected chi connectivity index (χ3v) is 10.2. The largest absolute Gasteiger partial charge is 0.493 e. The lowest BCUT2D eigenvalue weighted by atomic mass is 9.95. The quantitative estimate of drug-likeness (QED) is 0.337. The van der Waals surface area contributed by atoms with E-state index in [1.54, 1.807) is 31.0 Å². The average molecular weight is 634 g/mol. The number of anilines is 1. The molecule has 1 fully saturated rings. The molecule has 1 heterocycles. The summed E-state index contributed by atoms with van der Waals surface area (Å²) in [6.07, 6.45) is 3.80. The molecule has 0 aromatic heterocycles. The maximum Gasteiger partial charge on any atom is 0.242 e. The maximum absolute atomic E-state index is 13.7. The predicted molar refractivity (Wildman–Crippen MR) is 168 cm³/mol. The van der Waals surface area contributed by atoms with E-state index >= 15 is 0 Å². The first-order valence-corrected chi connectivity index (χ1v) is 17.3. The van der Waals surface area contributed by atoms with Crippen molar-refractivity contribution in [1.29, 1.82) is 0 Å². The summed E-state index contributed by atoms with van der Waals surface area (Å²) in [5.41, 5.74) is 2.76. The molecule has 234 valence electrons. The first kappa shape index (κ1) is 32.5. The molecule has 0 radical (unpaired) electrons. The van der Waals surface area contributed by atoms with Gasteiger partial charge in [-0.3, -0.25) is 14.4 Å². The molecule has 0 saturated carbocycles. The maximum atomic E-state index is 13.7. The molecule has 0 unspecified atom stereocenters. The number of aryl methyl sites for hydroxylation is 1. The first-order chi connectivity index (χ1) is 20.5. The Labute approximate surface area is 256 Å². The molecule has 0 bridgehead atoms. The summed E-state index contributed by atoms with van der Waals surface area (Å²) >= 11 is 1.56. The van der Waals surface area contributed by atoms with Crippen molar-refractivity contribution in [3.8, 4) is 28.4 Å². The Kier molecular flexibility index (Phi) is 10.5. The van der Waals surface area contributed by atoms with Crippen LogP contribution in [0.15, 0.2) is 29.1 Å². The highest BCUT2D eigenvalue weighted by Gasteiger charge is 2.32. The molecule has 43 heavy (non-hydrogen) atoms. The molecule has 1 aliphatic heterocycles. The van der Waals surface area contributed by atoms with Crippen molar-refractivity contribution < 1.29 is 32.2 Å². The van der Waals surface area contributed by atoms with E-state index < -0.39 is 28.0 Å². The van der Waals surface area contributed by atoms with Crippen LogP contribution in [0.5, 0.6) is 17.2 Å². The second-order valence-electron chi connectivity index (χ2n) is 10.7. The Hall–Kier alpha value is -3.45. The summed E-state index contributed by atoms with van der Waals surface area (Å²) in [6, 6.07) is 5.12. The van der Waals surface area contributed by atoms with Crippen LogP contribution in [0.2, 0.25) is 0 Å². The van der Waals surface area contributed by atoms with Gasteiger partial charge in [0.15, 0.2) is 21.3 Å². The molecule has 11 nitrogen and oxygen atoms in total. The van der Waals surface area contributed by atoms with Gasteiger partial charge >= 0.3 is 0 Å². The zero-order valence-electron chi connectivity index (χ0n) is 25.1. The molecule has 13 heteroatoms. The fourth-order valence-electron chi connectivity index (χ4n) is 5.73. The summed E-state index contributed by atoms with van der Waals surface area (Å²) in [4.78, 5) is 39.2. The van der Waals surface area contributed by atoms with E-state index in [-0.39, 0.29) is 34.4 Å². The lowest BCUT2D eigenvalue weighted by molar-refractivity contribution is -0.122. The first-order valence-electron chi connectivity index (χ1n) is 14.1. The third kappa shape index (κ3) is 7.38. The van der Waals surface area contributed by atoms with Crippen molar-refractivity contribution in [3.05, 3.63) is 45.6 Å². The predicted octanol–water partition coefficient (Wildman–Crippen LogP) is 2.70. The number of fused-ring (bicyclic) bond motifs is 3. The van der Waals surface area contributed by atoms with Crippen LogP contribution in [0.3, 0.4) is 0 Å². The van der Waals surface area contributed by atoms with Gasteiger partial charge in [-0.1, -0.05) is 6.07 Å². The monoisotopic (exact) mass is 633 g/mol. The van der Waals surface area contributed by atoms with Crippen LogP contribution in [-0.2, 0) is 25.8 Å². The number of nitrogens with one attached hydrogen (secondary N) is 3. The fraction of sp³-hybridized carbons (Fsp3) is 0.500. The number of benzene rings is 1. The number of rotatable bonds is 11. The number of hydrogen-bond donors (Lipinski definition) is 3.